The molecule has 2 aliphatic rings. The zero-order valence-corrected chi connectivity index (χ0v) is 16.4. The Bertz CT molecular complexity index is 340. The average molecular weight is 426 g/mol. The Balaban J connectivity index is 0.00000242. The summed E-state index contributed by atoms with van der Waals surface area (Å²) in [7, 11) is 6.11. The molecule has 130 valence electrons. The van der Waals surface area contributed by atoms with Crippen molar-refractivity contribution in [2.45, 2.75) is 37.3 Å². The molecule has 2 rings (SSSR count). The molecule has 7 heteroatoms. The fraction of sp³-hybridized carbons (Fsp3) is 0.933. The largest absolute Gasteiger partial charge is 0.381 e. The van der Waals surface area contributed by atoms with Gasteiger partial charge < -0.3 is 25.0 Å². The number of halogens is 1. The van der Waals surface area contributed by atoms with Gasteiger partial charge in [0.05, 0.1) is 6.10 Å². The molecular formula is C15H31IN4O2. The van der Waals surface area contributed by atoms with Crippen LogP contribution >= 0.6 is 24.0 Å². The van der Waals surface area contributed by atoms with Crippen molar-refractivity contribution in [3.63, 3.8) is 0 Å². The highest BCUT2D eigenvalue weighted by atomic mass is 127. The van der Waals surface area contributed by atoms with E-state index in [-0.39, 0.29) is 29.5 Å². The van der Waals surface area contributed by atoms with Gasteiger partial charge >= 0.3 is 0 Å². The van der Waals surface area contributed by atoms with Crippen molar-refractivity contribution in [1.82, 2.24) is 15.5 Å². The van der Waals surface area contributed by atoms with Gasteiger partial charge in [0.2, 0.25) is 0 Å². The molecule has 2 aliphatic heterocycles. The highest BCUT2D eigenvalue weighted by Gasteiger charge is 2.34. The lowest BCUT2D eigenvalue weighted by Crippen LogP contribution is -2.57. The molecule has 6 nitrogen and oxygen atoms in total. The lowest BCUT2D eigenvalue weighted by molar-refractivity contribution is -0.00503. The third-order valence-corrected chi connectivity index (χ3v) is 4.70. The van der Waals surface area contributed by atoms with Gasteiger partial charge in [-0.05, 0) is 39.8 Å². The van der Waals surface area contributed by atoms with Gasteiger partial charge in [-0.25, -0.2) is 0 Å². The summed E-state index contributed by atoms with van der Waals surface area (Å²) in [5.41, 5.74) is 0.153. The van der Waals surface area contributed by atoms with Crippen LogP contribution in [0.5, 0.6) is 0 Å². The Kier molecular flexibility index (Phi) is 8.96. The quantitative estimate of drug-likeness (QED) is 0.391. The molecule has 2 fully saturated rings. The third kappa shape index (κ3) is 5.50. The molecule has 2 saturated heterocycles. The minimum atomic E-state index is 0. The Morgan fingerprint density at radius 1 is 1.23 bits per heavy atom. The van der Waals surface area contributed by atoms with E-state index in [1.807, 2.05) is 7.05 Å². The maximum atomic E-state index is 5.63. The van der Waals surface area contributed by atoms with Crippen LogP contribution < -0.4 is 10.6 Å². The van der Waals surface area contributed by atoms with E-state index in [4.69, 9.17) is 9.47 Å². The summed E-state index contributed by atoms with van der Waals surface area (Å²) in [6, 6.07) is 0. The van der Waals surface area contributed by atoms with Crippen LogP contribution in [-0.4, -0.2) is 76.6 Å². The molecule has 0 bridgehead atoms. The monoisotopic (exact) mass is 426 g/mol. The van der Waals surface area contributed by atoms with Crippen molar-refractivity contribution in [2.24, 2.45) is 4.99 Å². The molecule has 2 N–H and O–H groups in total. The van der Waals surface area contributed by atoms with Gasteiger partial charge in [-0.2, -0.15) is 0 Å². The zero-order valence-electron chi connectivity index (χ0n) is 14.1. The maximum absolute atomic E-state index is 5.63. The van der Waals surface area contributed by atoms with E-state index in [1.165, 1.54) is 6.42 Å². The summed E-state index contributed by atoms with van der Waals surface area (Å²) in [6.07, 6.45) is 4.74. The number of rotatable bonds is 5. The molecule has 2 heterocycles. The number of nitrogens with one attached hydrogen (secondary N) is 2. The van der Waals surface area contributed by atoms with E-state index in [1.54, 1.807) is 0 Å². The van der Waals surface area contributed by atoms with E-state index in [2.05, 4.69) is 34.6 Å². The fourth-order valence-electron chi connectivity index (χ4n) is 3.02. The van der Waals surface area contributed by atoms with Gasteiger partial charge in [0.25, 0.3) is 0 Å². The summed E-state index contributed by atoms with van der Waals surface area (Å²) >= 11 is 0. The summed E-state index contributed by atoms with van der Waals surface area (Å²) in [5.74, 6) is 0.859. The van der Waals surface area contributed by atoms with Crippen molar-refractivity contribution in [1.29, 1.82) is 0 Å². The van der Waals surface area contributed by atoms with Gasteiger partial charge in [-0.3, -0.25) is 4.99 Å². The van der Waals surface area contributed by atoms with E-state index in [9.17, 15) is 0 Å². The number of hydrogen-bond donors (Lipinski definition) is 2. The highest BCUT2D eigenvalue weighted by Crippen LogP contribution is 2.24. The number of nitrogens with zero attached hydrogens (tertiary/aromatic N) is 2. The number of likely N-dealkylation sites (N-methyl/N-ethyl adjacent to an activating group) is 1. The van der Waals surface area contributed by atoms with E-state index >= 15 is 0 Å². The maximum Gasteiger partial charge on any atom is 0.191 e. The molecule has 0 aliphatic carbocycles. The molecule has 0 aromatic carbocycles. The predicted octanol–water partition coefficient (Wildman–Crippen LogP) is 1.06. The minimum absolute atomic E-state index is 0. The number of ether oxygens (including phenoxy) is 2. The van der Waals surface area contributed by atoms with Gasteiger partial charge in [0.1, 0.15) is 0 Å². The summed E-state index contributed by atoms with van der Waals surface area (Å²) in [6.45, 7) is 4.28. The van der Waals surface area contributed by atoms with Crippen LogP contribution in [0.25, 0.3) is 0 Å². The topological polar surface area (TPSA) is 58.1 Å². The molecule has 0 aromatic heterocycles. The molecule has 0 amide bonds. The third-order valence-electron chi connectivity index (χ3n) is 4.70. The normalized spacial score (nSPS) is 24.9. The number of aliphatic imine (C=N–C) groups is 1. The molecule has 22 heavy (non-hydrogen) atoms. The van der Waals surface area contributed by atoms with Crippen LogP contribution in [-0.2, 0) is 9.47 Å². The summed E-state index contributed by atoms with van der Waals surface area (Å²) < 4.78 is 11.1. The van der Waals surface area contributed by atoms with Crippen LogP contribution in [0, 0.1) is 0 Å². The van der Waals surface area contributed by atoms with Crippen LogP contribution in [0.3, 0.4) is 0 Å². The Morgan fingerprint density at radius 3 is 2.50 bits per heavy atom. The Hall–Kier alpha value is -0.120. The first-order valence-corrected chi connectivity index (χ1v) is 7.97. The Labute approximate surface area is 151 Å². The molecule has 0 radical (unpaired) electrons. The molecule has 0 saturated carbocycles. The smallest absolute Gasteiger partial charge is 0.191 e. The van der Waals surface area contributed by atoms with Gasteiger partial charge in [0.15, 0.2) is 5.96 Å². The van der Waals surface area contributed by atoms with Gasteiger partial charge in [0, 0.05) is 45.5 Å². The van der Waals surface area contributed by atoms with E-state index in [0.29, 0.717) is 6.10 Å². The second-order valence-corrected chi connectivity index (χ2v) is 6.17. The van der Waals surface area contributed by atoms with Crippen molar-refractivity contribution in [2.75, 3.05) is 54.1 Å². The number of guanidine groups is 1. The lowest BCUT2D eigenvalue weighted by Gasteiger charge is -2.43. The summed E-state index contributed by atoms with van der Waals surface area (Å²) in [4.78, 5) is 6.63. The van der Waals surface area contributed by atoms with Crippen LogP contribution in [0.4, 0.5) is 0 Å². The average Bonchev–Trinajstić information content (AvgIpc) is 3.01. The molecular weight excluding hydrogens is 395 g/mol. The second-order valence-electron chi connectivity index (χ2n) is 6.17. The van der Waals surface area contributed by atoms with Crippen LogP contribution in [0.15, 0.2) is 4.99 Å². The predicted molar refractivity (Wildman–Crippen MR) is 100 cm³/mol. The molecule has 0 aromatic rings. The minimum Gasteiger partial charge on any atom is -0.381 e. The first kappa shape index (κ1) is 19.9. The number of hydrogen-bond acceptors (Lipinski definition) is 4. The van der Waals surface area contributed by atoms with Crippen molar-refractivity contribution < 1.29 is 9.47 Å². The van der Waals surface area contributed by atoms with E-state index < -0.39 is 0 Å². The van der Waals surface area contributed by atoms with Crippen molar-refractivity contribution in [3.8, 4) is 0 Å². The van der Waals surface area contributed by atoms with Crippen molar-refractivity contribution in [3.05, 3.63) is 0 Å². The van der Waals surface area contributed by atoms with Crippen LogP contribution in [0.2, 0.25) is 0 Å². The molecule has 1 unspecified atom stereocenters. The highest BCUT2D eigenvalue weighted by molar-refractivity contribution is 14.0. The van der Waals surface area contributed by atoms with Crippen LogP contribution in [0.1, 0.15) is 25.7 Å². The van der Waals surface area contributed by atoms with Gasteiger partial charge in [-0.15, -0.1) is 24.0 Å². The molecule has 0 spiro atoms. The zero-order chi connectivity index (χ0) is 15.1. The van der Waals surface area contributed by atoms with Gasteiger partial charge in [-0.1, -0.05) is 0 Å². The first-order chi connectivity index (χ1) is 10.2. The lowest BCUT2D eigenvalue weighted by atomic mass is 9.88. The molecule has 1 atom stereocenters. The SMILES string of the molecule is CN=C(NCC1CCCO1)NCC1(N(C)C)CCOCC1.I. The second kappa shape index (κ2) is 9.89. The standard InChI is InChI=1S/C15H30N4O2.HI/c1-16-14(17-11-13-5-4-8-21-13)18-12-15(19(2)3)6-9-20-10-7-15;/h13H,4-12H2,1-3H3,(H2,16,17,18);1H. The first-order valence-electron chi connectivity index (χ1n) is 7.97. The summed E-state index contributed by atoms with van der Waals surface area (Å²) in [5, 5.41) is 6.84. The van der Waals surface area contributed by atoms with Crippen molar-refractivity contribution >= 4 is 29.9 Å². The van der Waals surface area contributed by atoms with E-state index in [0.717, 1.165) is 58.1 Å². The Morgan fingerprint density at radius 2 is 1.95 bits per heavy atom. The fourth-order valence-corrected chi connectivity index (χ4v) is 3.02.